The van der Waals surface area contributed by atoms with E-state index in [-0.39, 0.29) is 17.9 Å². The molecule has 0 aromatic carbocycles. The van der Waals surface area contributed by atoms with Gasteiger partial charge in [0.15, 0.2) is 12.4 Å². The van der Waals surface area contributed by atoms with E-state index in [1.807, 2.05) is 9.97 Å². The number of aromatic nitrogens is 3. The molecule has 2 rings (SSSR count). The smallest absolute Gasteiger partial charge is 0.344 e. The molecular weight excluding hydrogens is 266 g/mol. The molecule has 2 aromatic rings. The summed E-state index contributed by atoms with van der Waals surface area (Å²) in [6.07, 6.45) is 2.69. The van der Waals surface area contributed by atoms with E-state index in [2.05, 4.69) is 0 Å². The zero-order chi connectivity index (χ0) is 14.7. The molecule has 0 atom stereocenters. The Bertz CT molecular complexity index is 762. The van der Waals surface area contributed by atoms with Crippen molar-refractivity contribution >= 4 is 5.97 Å². The van der Waals surface area contributed by atoms with Gasteiger partial charge in [0.25, 0.3) is 5.69 Å². The molecule has 8 heteroatoms. The molecule has 0 aliphatic carbocycles. The van der Waals surface area contributed by atoms with E-state index in [1.165, 1.54) is 24.5 Å². The quantitative estimate of drug-likeness (QED) is 0.527. The van der Waals surface area contributed by atoms with E-state index >= 15 is 0 Å². The Morgan fingerprint density at radius 3 is 2.80 bits per heavy atom. The summed E-state index contributed by atoms with van der Waals surface area (Å²) in [5.74, 6) is -1.42. The maximum atomic E-state index is 11.7. The van der Waals surface area contributed by atoms with E-state index in [0.29, 0.717) is 0 Å². The van der Waals surface area contributed by atoms with Crippen LogP contribution in [0.3, 0.4) is 0 Å². The fraction of sp³-hybridized carbons (Fsp3) is 0.167. The maximum Gasteiger partial charge on any atom is 0.344 e. The Labute approximate surface area is 112 Å². The lowest BCUT2D eigenvalue weighted by molar-refractivity contribution is -0.601. The van der Waals surface area contributed by atoms with E-state index in [1.54, 1.807) is 6.92 Å². The van der Waals surface area contributed by atoms with Crippen LogP contribution in [0.15, 0.2) is 34.1 Å². The third-order valence-electron chi connectivity index (χ3n) is 2.45. The van der Waals surface area contributed by atoms with Crippen molar-refractivity contribution in [3.63, 3.8) is 0 Å². The summed E-state index contributed by atoms with van der Waals surface area (Å²) < 4.78 is 5.98. The number of carbonyl (C=O) groups excluding carboxylic acids is 1. The molecule has 0 radical (unpaired) electrons. The fourth-order valence-electron chi connectivity index (χ4n) is 1.64. The molecule has 2 heterocycles. The first-order chi connectivity index (χ1) is 9.52. The summed E-state index contributed by atoms with van der Waals surface area (Å²) in [6.45, 7) is 1.87. The van der Waals surface area contributed by atoms with Crippen LogP contribution < -0.4 is 20.9 Å². The van der Waals surface area contributed by atoms with Gasteiger partial charge in [-0.1, -0.05) is 0 Å². The first-order valence-corrected chi connectivity index (χ1v) is 5.75. The van der Waals surface area contributed by atoms with Gasteiger partial charge in [0.1, 0.15) is 5.56 Å². The Morgan fingerprint density at radius 1 is 1.40 bits per heavy atom. The Balaban J connectivity index is 2.55. The summed E-state index contributed by atoms with van der Waals surface area (Å²) >= 11 is 0. The van der Waals surface area contributed by atoms with Gasteiger partial charge in [-0.2, -0.15) is 4.57 Å². The number of hydrogen-bond donors (Lipinski definition) is 2. The highest BCUT2D eigenvalue weighted by Gasteiger charge is 2.17. The van der Waals surface area contributed by atoms with Crippen LogP contribution in [0, 0.1) is 0 Å². The molecule has 0 spiro atoms. The number of ether oxygens (including phenoxy) is 1. The molecule has 2 aromatic heterocycles. The number of esters is 1. The molecule has 0 aliphatic rings. The van der Waals surface area contributed by atoms with Gasteiger partial charge < -0.3 is 14.8 Å². The van der Waals surface area contributed by atoms with E-state index < -0.39 is 23.1 Å². The van der Waals surface area contributed by atoms with Crippen molar-refractivity contribution in [2.24, 2.45) is 0 Å². The van der Waals surface area contributed by atoms with Crippen LogP contribution in [0.25, 0.3) is 5.69 Å². The van der Waals surface area contributed by atoms with Crippen LogP contribution in [0.5, 0.6) is 5.88 Å². The number of carbonyl (C=O) groups is 1. The van der Waals surface area contributed by atoms with Crippen molar-refractivity contribution in [1.82, 2.24) is 9.97 Å². The average Bonchev–Trinajstić information content (AvgIpc) is 2.38. The van der Waals surface area contributed by atoms with Gasteiger partial charge in [-0.3, -0.25) is 9.78 Å². The summed E-state index contributed by atoms with van der Waals surface area (Å²) in [6, 6.07) is 2.97. The molecule has 0 saturated carbocycles. The third-order valence-corrected chi connectivity index (χ3v) is 2.45. The SMILES string of the molecule is CCOC(=O)c1ccc[n+](-c2c([O-])[nH]c(=O)[nH]c2=O)c1. The van der Waals surface area contributed by atoms with Gasteiger partial charge in [-0.25, -0.2) is 9.59 Å². The van der Waals surface area contributed by atoms with E-state index in [9.17, 15) is 19.5 Å². The topological polar surface area (TPSA) is 119 Å². The van der Waals surface area contributed by atoms with Crippen molar-refractivity contribution in [2.45, 2.75) is 6.92 Å². The third kappa shape index (κ3) is 2.58. The molecule has 0 unspecified atom stereocenters. The van der Waals surface area contributed by atoms with Crippen molar-refractivity contribution < 1.29 is 19.2 Å². The number of aromatic amines is 2. The lowest BCUT2D eigenvalue weighted by Crippen LogP contribution is -2.41. The normalized spacial score (nSPS) is 10.2. The largest absolute Gasteiger partial charge is 0.855 e. The highest BCUT2D eigenvalue weighted by molar-refractivity contribution is 5.88. The standard InChI is InChI=1S/C12H11N3O5/c1-2-20-11(18)7-4-3-5-15(6-7)8-9(16)13-12(19)14-10(8)17/h3-6H,2H2,1H3,(H2-,13,14,16,17,19). The lowest BCUT2D eigenvalue weighted by Gasteiger charge is -2.06. The molecule has 0 saturated heterocycles. The lowest BCUT2D eigenvalue weighted by atomic mass is 10.3. The van der Waals surface area contributed by atoms with Crippen LogP contribution in [0.1, 0.15) is 17.3 Å². The highest BCUT2D eigenvalue weighted by Crippen LogP contribution is 2.03. The molecule has 20 heavy (non-hydrogen) atoms. The van der Waals surface area contributed by atoms with E-state index in [0.717, 1.165) is 4.57 Å². The minimum Gasteiger partial charge on any atom is -0.855 e. The number of nitrogens with zero attached hydrogens (tertiary/aromatic N) is 1. The van der Waals surface area contributed by atoms with Gasteiger partial charge in [-0.05, 0) is 13.0 Å². The molecular formula is C12H11N3O5. The number of hydrogen-bond acceptors (Lipinski definition) is 5. The predicted molar refractivity (Wildman–Crippen MR) is 64.6 cm³/mol. The highest BCUT2D eigenvalue weighted by atomic mass is 16.5. The summed E-state index contributed by atoms with van der Waals surface area (Å²) in [7, 11) is 0. The molecule has 104 valence electrons. The minimum absolute atomic E-state index is 0.180. The van der Waals surface area contributed by atoms with Gasteiger partial charge in [0.2, 0.25) is 0 Å². The Morgan fingerprint density at radius 2 is 2.15 bits per heavy atom. The van der Waals surface area contributed by atoms with Gasteiger partial charge in [0.05, 0.1) is 6.61 Å². The van der Waals surface area contributed by atoms with Gasteiger partial charge in [-0.15, -0.1) is 0 Å². The zero-order valence-electron chi connectivity index (χ0n) is 10.5. The van der Waals surface area contributed by atoms with Crippen molar-refractivity contribution in [1.29, 1.82) is 0 Å². The van der Waals surface area contributed by atoms with Crippen LogP contribution in [0.4, 0.5) is 0 Å². The second-order valence-electron chi connectivity index (χ2n) is 3.81. The predicted octanol–water partition coefficient (Wildman–Crippen LogP) is -1.41. The van der Waals surface area contributed by atoms with Crippen molar-refractivity contribution in [3.05, 3.63) is 50.9 Å². The van der Waals surface area contributed by atoms with Gasteiger partial charge in [0, 0.05) is 11.9 Å². The molecule has 2 N–H and O–H groups in total. The number of rotatable bonds is 3. The summed E-state index contributed by atoms with van der Waals surface area (Å²) in [5.41, 5.74) is -1.86. The molecule has 0 aliphatic heterocycles. The van der Waals surface area contributed by atoms with Crippen LogP contribution in [-0.4, -0.2) is 22.5 Å². The molecule has 0 bridgehead atoms. The monoisotopic (exact) mass is 277 g/mol. The van der Waals surface area contributed by atoms with Crippen LogP contribution in [-0.2, 0) is 4.74 Å². The van der Waals surface area contributed by atoms with Crippen molar-refractivity contribution in [2.75, 3.05) is 6.61 Å². The minimum atomic E-state index is -0.883. The Kier molecular flexibility index (Phi) is 3.65. The maximum absolute atomic E-state index is 11.7. The number of H-pyrrole nitrogens is 2. The number of pyridine rings is 1. The second-order valence-corrected chi connectivity index (χ2v) is 3.81. The average molecular weight is 277 g/mol. The summed E-state index contributed by atoms with van der Waals surface area (Å²) in [5, 5.41) is 11.7. The van der Waals surface area contributed by atoms with Gasteiger partial charge >= 0.3 is 17.2 Å². The zero-order valence-corrected chi connectivity index (χ0v) is 10.5. The first kappa shape index (κ1) is 13.5. The van der Waals surface area contributed by atoms with Crippen molar-refractivity contribution in [3.8, 4) is 11.6 Å². The molecule has 0 fully saturated rings. The Hall–Kier alpha value is -2.90. The first-order valence-electron chi connectivity index (χ1n) is 5.75. The summed E-state index contributed by atoms with van der Waals surface area (Å²) in [4.78, 5) is 38.1. The van der Waals surface area contributed by atoms with Crippen LogP contribution >= 0.6 is 0 Å². The second kappa shape index (κ2) is 5.39. The number of nitrogens with one attached hydrogen (secondary N) is 2. The molecule has 8 nitrogen and oxygen atoms in total. The van der Waals surface area contributed by atoms with Crippen LogP contribution in [0.2, 0.25) is 0 Å². The fourth-order valence-corrected chi connectivity index (χ4v) is 1.64. The molecule has 0 amide bonds. The van der Waals surface area contributed by atoms with E-state index in [4.69, 9.17) is 4.74 Å².